The summed E-state index contributed by atoms with van der Waals surface area (Å²) in [5, 5.41) is 14.0. The third kappa shape index (κ3) is 5.43. The Kier molecular flexibility index (Phi) is 6.85. The van der Waals surface area contributed by atoms with Crippen molar-refractivity contribution in [3.8, 4) is 28.1 Å². The van der Waals surface area contributed by atoms with Gasteiger partial charge in [0.1, 0.15) is 11.6 Å². The average Bonchev–Trinajstić information content (AvgIpc) is 2.79. The highest BCUT2D eigenvalue weighted by atomic mass is 16.5. The normalized spacial score (nSPS) is 14.5. The number of anilines is 1. The maximum Gasteiger partial charge on any atom is 0.127 e. The fourth-order valence-corrected chi connectivity index (χ4v) is 4.01. The summed E-state index contributed by atoms with van der Waals surface area (Å²) in [7, 11) is 0. The van der Waals surface area contributed by atoms with Crippen molar-refractivity contribution in [1.82, 2.24) is 9.88 Å². The summed E-state index contributed by atoms with van der Waals surface area (Å²) in [5.41, 5.74) is 6.11. The summed E-state index contributed by atoms with van der Waals surface area (Å²) in [5.74, 6) is 1.08. The van der Waals surface area contributed by atoms with Gasteiger partial charge in [0.2, 0.25) is 0 Å². The number of morpholine rings is 1. The van der Waals surface area contributed by atoms with Crippen LogP contribution in [0, 0.1) is 13.8 Å². The quantitative estimate of drug-likeness (QED) is 0.537. The molecular formula is C26H31N3O2. The van der Waals surface area contributed by atoms with Gasteiger partial charge in [0.25, 0.3) is 0 Å². The van der Waals surface area contributed by atoms with Gasteiger partial charge in [-0.2, -0.15) is 0 Å². The lowest BCUT2D eigenvalue weighted by atomic mass is 9.98. The maximum absolute atomic E-state index is 10.5. The molecule has 0 bridgehead atoms. The molecule has 0 spiro atoms. The summed E-state index contributed by atoms with van der Waals surface area (Å²) in [4.78, 5) is 7.28. The Hall–Kier alpha value is -2.89. The number of aromatic hydroxyl groups is 1. The van der Waals surface area contributed by atoms with E-state index in [1.165, 1.54) is 11.1 Å². The van der Waals surface area contributed by atoms with E-state index in [1.54, 1.807) is 6.07 Å². The van der Waals surface area contributed by atoms with Crippen LogP contribution in [0.5, 0.6) is 5.75 Å². The third-order valence-corrected chi connectivity index (χ3v) is 5.77. The second-order valence-corrected chi connectivity index (χ2v) is 8.20. The van der Waals surface area contributed by atoms with E-state index in [0.717, 1.165) is 74.0 Å². The molecular weight excluding hydrogens is 386 g/mol. The predicted molar refractivity (Wildman–Crippen MR) is 127 cm³/mol. The minimum atomic E-state index is 0.248. The molecule has 162 valence electrons. The summed E-state index contributed by atoms with van der Waals surface area (Å²) in [6.07, 6.45) is 1.04. The molecule has 1 aromatic heterocycles. The van der Waals surface area contributed by atoms with E-state index >= 15 is 0 Å². The highest BCUT2D eigenvalue weighted by Gasteiger charge is 2.13. The molecule has 4 rings (SSSR count). The zero-order chi connectivity index (χ0) is 21.6. The molecule has 0 amide bonds. The number of phenols is 1. The molecule has 0 atom stereocenters. The monoisotopic (exact) mass is 417 g/mol. The fraction of sp³-hybridized carbons (Fsp3) is 0.346. The lowest BCUT2D eigenvalue weighted by Gasteiger charge is -2.26. The Morgan fingerprint density at radius 3 is 2.61 bits per heavy atom. The van der Waals surface area contributed by atoms with Gasteiger partial charge in [-0.1, -0.05) is 35.9 Å². The van der Waals surface area contributed by atoms with E-state index in [-0.39, 0.29) is 5.75 Å². The number of benzene rings is 2. The number of rotatable bonds is 7. The Bertz CT molecular complexity index is 1030. The van der Waals surface area contributed by atoms with Crippen molar-refractivity contribution in [3.63, 3.8) is 0 Å². The van der Waals surface area contributed by atoms with E-state index in [9.17, 15) is 5.11 Å². The smallest absolute Gasteiger partial charge is 0.127 e. The molecule has 0 radical (unpaired) electrons. The average molecular weight is 418 g/mol. The van der Waals surface area contributed by atoms with Crippen LogP contribution < -0.4 is 5.32 Å². The number of aryl methyl sites for hydroxylation is 2. The van der Waals surface area contributed by atoms with Crippen LogP contribution in [0.4, 0.5) is 5.82 Å². The van der Waals surface area contributed by atoms with E-state index in [0.29, 0.717) is 0 Å². The Morgan fingerprint density at radius 2 is 1.81 bits per heavy atom. The van der Waals surface area contributed by atoms with Crippen molar-refractivity contribution in [1.29, 1.82) is 0 Å². The zero-order valence-corrected chi connectivity index (χ0v) is 18.4. The number of hydrogen-bond donors (Lipinski definition) is 2. The summed E-state index contributed by atoms with van der Waals surface area (Å²) in [6, 6.07) is 18.2. The van der Waals surface area contributed by atoms with E-state index < -0.39 is 0 Å². The number of aromatic nitrogens is 1. The number of pyridine rings is 1. The first kappa shape index (κ1) is 21.3. The second-order valence-electron chi connectivity index (χ2n) is 8.20. The van der Waals surface area contributed by atoms with Crippen molar-refractivity contribution in [2.24, 2.45) is 0 Å². The molecule has 2 aromatic carbocycles. The summed E-state index contributed by atoms with van der Waals surface area (Å²) < 4.78 is 5.43. The van der Waals surface area contributed by atoms with Gasteiger partial charge in [0, 0.05) is 25.2 Å². The van der Waals surface area contributed by atoms with Crippen molar-refractivity contribution < 1.29 is 9.84 Å². The molecule has 31 heavy (non-hydrogen) atoms. The largest absolute Gasteiger partial charge is 0.507 e. The van der Waals surface area contributed by atoms with Gasteiger partial charge in [0.05, 0.1) is 18.9 Å². The molecule has 0 unspecified atom stereocenters. The molecule has 1 aliphatic rings. The van der Waals surface area contributed by atoms with Gasteiger partial charge in [0.15, 0.2) is 0 Å². The number of nitrogens with zero attached hydrogens (tertiary/aromatic N) is 2. The van der Waals surface area contributed by atoms with Crippen LogP contribution in [0.25, 0.3) is 22.4 Å². The van der Waals surface area contributed by atoms with E-state index in [2.05, 4.69) is 53.5 Å². The van der Waals surface area contributed by atoms with Crippen molar-refractivity contribution in [3.05, 3.63) is 65.7 Å². The van der Waals surface area contributed by atoms with Crippen LogP contribution in [0.3, 0.4) is 0 Å². The van der Waals surface area contributed by atoms with Crippen LogP contribution in [0.15, 0.2) is 54.6 Å². The Balaban J connectivity index is 1.58. The van der Waals surface area contributed by atoms with Crippen LogP contribution in [0.1, 0.15) is 17.5 Å². The van der Waals surface area contributed by atoms with Gasteiger partial charge in [-0.3, -0.25) is 4.90 Å². The molecule has 2 N–H and O–H groups in total. The maximum atomic E-state index is 10.5. The Morgan fingerprint density at radius 1 is 1.00 bits per heavy atom. The molecule has 5 heteroatoms. The topological polar surface area (TPSA) is 57.6 Å². The third-order valence-electron chi connectivity index (χ3n) is 5.77. The Labute approximate surface area is 184 Å². The molecule has 2 heterocycles. The lowest BCUT2D eigenvalue weighted by molar-refractivity contribution is 0.0378. The first-order chi connectivity index (χ1) is 15.1. The lowest BCUT2D eigenvalue weighted by Crippen LogP contribution is -2.37. The molecule has 1 fully saturated rings. The highest BCUT2D eigenvalue weighted by molar-refractivity contribution is 5.77. The molecule has 0 saturated carbocycles. The SMILES string of the molecule is Cc1ccc(O)c(-c2cc(-c3ccccc3C)cc(NCCCN3CCOCC3)n2)c1. The van der Waals surface area contributed by atoms with Crippen molar-refractivity contribution in [2.45, 2.75) is 20.3 Å². The molecule has 1 aliphatic heterocycles. The van der Waals surface area contributed by atoms with Gasteiger partial charge >= 0.3 is 0 Å². The minimum absolute atomic E-state index is 0.248. The molecule has 5 nitrogen and oxygen atoms in total. The molecule has 1 saturated heterocycles. The first-order valence-corrected chi connectivity index (χ1v) is 11.0. The van der Waals surface area contributed by atoms with E-state index in [1.807, 2.05) is 19.1 Å². The van der Waals surface area contributed by atoms with Crippen LogP contribution >= 0.6 is 0 Å². The predicted octanol–water partition coefficient (Wildman–Crippen LogP) is 4.87. The highest BCUT2D eigenvalue weighted by Crippen LogP contribution is 2.34. The van der Waals surface area contributed by atoms with Gasteiger partial charge < -0.3 is 15.2 Å². The van der Waals surface area contributed by atoms with Crippen molar-refractivity contribution in [2.75, 3.05) is 44.7 Å². The van der Waals surface area contributed by atoms with Crippen LogP contribution in [-0.2, 0) is 4.74 Å². The van der Waals surface area contributed by atoms with Gasteiger partial charge in [-0.15, -0.1) is 0 Å². The van der Waals surface area contributed by atoms with Gasteiger partial charge in [-0.05, 0) is 67.8 Å². The van der Waals surface area contributed by atoms with Crippen LogP contribution in [0.2, 0.25) is 0 Å². The van der Waals surface area contributed by atoms with Gasteiger partial charge in [-0.25, -0.2) is 4.98 Å². The zero-order valence-electron chi connectivity index (χ0n) is 18.4. The fourth-order valence-electron chi connectivity index (χ4n) is 4.01. The molecule has 3 aromatic rings. The second kappa shape index (κ2) is 9.94. The molecule has 0 aliphatic carbocycles. The number of phenolic OH excluding ortho intramolecular Hbond substituents is 1. The standard InChI is InChI=1S/C26H31N3O2/c1-19-8-9-25(30)23(16-19)24-17-21(22-7-4-3-6-20(22)2)18-26(28-24)27-10-5-11-29-12-14-31-15-13-29/h3-4,6-9,16-18,30H,5,10-15H2,1-2H3,(H,27,28). The van der Waals surface area contributed by atoms with Crippen molar-refractivity contribution >= 4 is 5.82 Å². The summed E-state index contributed by atoms with van der Waals surface area (Å²) >= 11 is 0. The minimum Gasteiger partial charge on any atom is -0.507 e. The number of nitrogens with one attached hydrogen (secondary N) is 1. The summed E-state index contributed by atoms with van der Waals surface area (Å²) in [6.45, 7) is 9.73. The van der Waals surface area contributed by atoms with E-state index in [4.69, 9.17) is 9.72 Å². The van der Waals surface area contributed by atoms with Crippen LogP contribution in [-0.4, -0.2) is 54.4 Å². The first-order valence-electron chi connectivity index (χ1n) is 11.0. The number of ether oxygens (including phenoxy) is 1. The number of hydrogen-bond acceptors (Lipinski definition) is 5.